The Kier molecular flexibility index (Phi) is 3.58. The molecule has 2 rings (SSSR count). The van der Waals surface area contributed by atoms with E-state index >= 15 is 0 Å². The minimum absolute atomic E-state index is 0.225. The fourth-order valence-electron chi connectivity index (χ4n) is 2.13. The molecule has 1 unspecified atom stereocenters. The van der Waals surface area contributed by atoms with Crippen LogP contribution >= 0.6 is 11.6 Å². The third-order valence-electron chi connectivity index (χ3n) is 3.15. The Morgan fingerprint density at radius 2 is 2.11 bits per heavy atom. The fraction of sp³-hybridized carbons (Fsp3) is 0.500. The summed E-state index contributed by atoms with van der Waals surface area (Å²) in [6, 6.07) is 6.98. The van der Waals surface area contributed by atoms with Crippen molar-refractivity contribution in [1.82, 2.24) is 4.90 Å². The molecule has 1 heterocycles. The lowest BCUT2D eigenvalue weighted by Gasteiger charge is -2.26. The first-order chi connectivity index (χ1) is 8.30. The SMILES string of the molecule is OC1(C(F)(F)F)CCN(Cc2cccc(Cl)c2)C1. The molecule has 1 atom stereocenters. The highest BCUT2D eigenvalue weighted by molar-refractivity contribution is 6.30. The van der Waals surface area contributed by atoms with Gasteiger partial charge < -0.3 is 5.11 Å². The smallest absolute Gasteiger partial charge is 0.379 e. The van der Waals surface area contributed by atoms with Crippen molar-refractivity contribution in [2.45, 2.75) is 24.7 Å². The van der Waals surface area contributed by atoms with Gasteiger partial charge in [-0.15, -0.1) is 0 Å². The van der Waals surface area contributed by atoms with Crippen molar-refractivity contribution < 1.29 is 18.3 Å². The van der Waals surface area contributed by atoms with Crippen molar-refractivity contribution in [3.8, 4) is 0 Å². The largest absolute Gasteiger partial charge is 0.418 e. The second-order valence-corrected chi connectivity index (χ2v) is 5.06. The van der Waals surface area contributed by atoms with Crippen LogP contribution in [-0.4, -0.2) is 34.9 Å². The Labute approximate surface area is 108 Å². The highest BCUT2D eigenvalue weighted by Crippen LogP contribution is 2.38. The van der Waals surface area contributed by atoms with Crippen LogP contribution < -0.4 is 0 Å². The first-order valence-electron chi connectivity index (χ1n) is 5.56. The molecule has 6 heteroatoms. The van der Waals surface area contributed by atoms with Crippen molar-refractivity contribution >= 4 is 11.6 Å². The maximum Gasteiger partial charge on any atom is 0.418 e. The maximum absolute atomic E-state index is 12.6. The number of β-amino-alcohol motifs (C(OH)–C–C–N with tert-alkyl or cyclic N) is 1. The fourth-order valence-corrected chi connectivity index (χ4v) is 2.34. The van der Waals surface area contributed by atoms with E-state index in [1.807, 2.05) is 0 Å². The van der Waals surface area contributed by atoms with Crippen molar-refractivity contribution in [2.24, 2.45) is 0 Å². The Bertz CT molecular complexity index is 438. The van der Waals surface area contributed by atoms with Gasteiger partial charge in [0.1, 0.15) is 0 Å². The number of alkyl halides is 3. The van der Waals surface area contributed by atoms with E-state index in [9.17, 15) is 18.3 Å². The van der Waals surface area contributed by atoms with E-state index in [2.05, 4.69) is 0 Å². The van der Waals surface area contributed by atoms with Gasteiger partial charge in [0.05, 0.1) is 0 Å². The highest BCUT2D eigenvalue weighted by Gasteiger charge is 2.56. The van der Waals surface area contributed by atoms with Gasteiger partial charge in [-0.2, -0.15) is 13.2 Å². The predicted molar refractivity (Wildman–Crippen MR) is 62.4 cm³/mol. The first-order valence-corrected chi connectivity index (χ1v) is 5.94. The molecule has 1 fully saturated rings. The molecule has 0 bridgehead atoms. The molecule has 0 aliphatic carbocycles. The quantitative estimate of drug-likeness (QED) is 0.900. The molecule has 0 radical (unpaired) electrons. The summed E-state index contributed by atoms with van der Waals surface area (Å²) < 4.78 is 37.9. The Morgan fingerprint density at radius 3 is 2.67 bits per heavy atom. The third kappa shape index (κ3) is 2.79. The van der Waals surface area contributed by atoms with E-state index in [-0.39, 0.29) is 19.5 Å². The van der Waals surface area contributed by atoms with Crippen LogP contribution in [0.1, 0.15) is 12.0 Å². The number of hydrogen-bond donors (Lipinski definition) is 1. The number of benzene rings is 1. The molecule has 1 aliphatic heterocycles. The Hall–Kier alpha value is -0.780. The van der Waals surface area contributed by atoms with Crippen LogP contribution in [0.5, 0.6) is 0 Å². The van der Waals surface area contributed by atoms with E-state index in [1.165, 1.54) is 0 Å². The summed E-state index contributed by atoms with van der Waals surface area (Å²) in [7, 11) is 0. The van der Waals surface area contributed by atoms with Gasteiger partial charge in [0.25, 0.3) is 0 Å². The van der Waals surface area contributed by atoms with E-state index < -0.39 is 11.8 Å². The van der Waals surface area contributed by atoms with Crippen molar-refractivity contribution in [3.05, 3.63) is 34.9 Å². The van der Waals surface area contributed by atoms with Crippen molar-refractivity contribution in [1.29, 1.82) is 0 Å². The van der Waals surface area contributed by atoms with Gasteiger partial charge in [-0.25, -0.2) is 0 Å². The molecular formula is C12H13ClF3NO. The Balaban J connectivity index is 2.02. The Morgan fingerprint density at radius 1 is 1.39 bits per heavy atom. The van der Waals surface area contributed by atoms with Crippen LogP contribution in [0, 0.1) is 0 Å². The second-order valence-electron chi connectivity index (χ2n) is 4.62. The summed E-state index contributed by atoms with van der Waals surface area (Å²) in [6.45, 7) is 0.199. The molecule has 1 N–H and O–H groups in total. The number of rotatable bonds is 2. The standard InChI is InChI=1S/C12H13ClF3NO/c13-10-3-1-2-9(6-10)7-17-5-4-11(18,8-17)12(14,15)16/h1-3,6,18H,4-5,7-8H2. The van der Waals surface area contributed by atoms with Gasteiger partial charge in [0, 0.05) is 24.7 Å². The molecule has 1 aromatic carbocycles. The molecule has 1 aliphatic rings. The van der Waals surface area contributed by atoms with Gasteiger partial charge in [0.2, 0.25) is 0 Å². The summed E-state index contributed by atoms with van der Waals surface area (Å²) in [5.41, 5.74) is -1.74. The average Bonchev–Trinajstić information content (AvgIpc) is 2.60. The molecule has 1 saturated heterocycles. The molecule has 18 heavy (non-hydrogen) atoms. The summed E-state index contributed by atoms with van der Waals surface area (Å²) in [5, 5.41) is 10.1. The first kappa shape index (κ1) is 13.6. The number of hydrogen-bond acceptors (Lipinski definition) is 2. The van der Waals surface area contributed by atoms with Crippen LogP contribution in [-0.2, 0) is 6.54 Å². The van der Waals surface area contributed by atoms with Gasteiger partial charge in [-0.05, 0) is 24.1 Å². The van der Waals surface area contributed by atoms with Gasteiger partial charge >= 0.3 is 6.18 Å². The lowest BCUT2D eigenvalue weighted by Crippen LogP contribution is -2.47. The van der Waals surface area contributed by atoms with Crippen LogP contribution in [0.4, 0.5) is 13.2 Å². The summed E-state index contributed by atoms with van der Waals surface area (Å²) in [6.07, 6.45) is -4.85. The molecular weight excluding hydrogens is 267 g/mol. The van der Waals surface area contributed by atoms with Gasteiger partial charge in [-0.3, -0.25) is 4.90 Å². The summed E-state index contributed by atoms with van der Waals surface area (Å²) in [4.78, 5) is 1.58. The highest BCUT2D eigenvalue weighted by atomic mass is 35.5. The van der Waals surface area contributed by atoms with Crippen LogP contribution in [0.25, 0.3) is 0 Å². The minimum atomic E-state index is -4.57. The second kappa shape index (κ2) is 4.72. The van der Waals surface area contributed by atoms with Crippen molar-refractivity contribution in [3.63, 3.8) is 0 Å². The van der Waals surface area contributed by atoms with Gasteiger partial charge in [0.15, 0.2) is 5.60 Å². The van der Waals surface area contributed by atoms with Gasteiger partial charge in [-0.1, -0.05) is 23.7 Å². The topological polar surface area (TPSA) is 23.5 Å². The monoisotopic (exact) mass is 279 g/mol. The number of likely N-dealkylation sites (tertiary alicyclic amines) is 1. The minimum Gasteiger partial charge on any atom is -0.379 e. The molecule has 0 amide bonds. The zero-order valence-electron chi connectivity index (χ0n) is 9.54. The summed E-state index contributed by atoms with van der Waals surface area (Å²) in [5.74, 6) is 0. The lowest BCUT2D eigenvalue weighted by molar-refractivity contribution is -0.254. The molecule has 0 aromatic heterocycles. The molecule has 0 saturated carbocycles. The predicted octanol–water partition coefficient (Wildman–Crippen LogP) is 2.84. The zero-order chi connectivity index (χ0) is 13.4. The van der Waals surface area contributed by atoms with E-state index in [0.717, 1.165) is 5.56 Å². The normalized spacial score (nSPS) is 25.6. The molecule has 0 spiro atoms. The number of nitrogens with zero attached hydrogens (tertiary/aromatic N) is 1. The average molecular weight is 280 g/mol. The van der Waals surface area contributed by atoms with Crippen LogP contribution in [0.2, 0.25) is 5.02 Å². The molecule has 2 nitrogen and oxygen atoms in total. The van der Waals surface area contributed by atoms with E-state index in [4.69, 9.17) is 11.6 Å². The van der Waals surface area contributed by atoms with E-state index in [0.29, 0.717) is 11.6 Å². The number of halogens is 4. The van der Waals surface area contributed by atoms with Crippen LogP contribution in [0.15, 0.2) is 24.3 Å². The third-order valence-corrected chi connectivity index (χ3v) is 3.38. The lowest BCUT2D eigenvalue weighted by atomic mass is 10.0. The van der Waals surface area contributed by atoms with Crippen molar-refractivity contribution in [2.75, 3.05) is 13.1 Å². The zero-order valence-corrected chi connectivity index (χ0v) is 10.3. The summed E-state index contributed by atoms with van der Waals surface area (Å²) >= 11 is 5.81. The molecule has 100 valence electrons. The molecule has 1 aromatic rings. The number of aliphatic hydroxyl groups is 1. The van der Waals surface area contributed by atoms with Crippen LogP contribution in [0.3, 0.4) is 0 Å². The van der Waals surface area contributed by atoms with E-state index in [1.54, 1.807) is 29.2 Å². The maximum atomic E-state index is 12.6.